The first-order valence-corrected chi connectivity index (χ1v) is 7.84. The van der Waals surface area contributed by atoms with Gasteiger partial charge in [-0.05, 0) is 41.0 Å². The lowest BCUT2D eigenvalue weighted by molar-refractivity contribution is 0.580. The van der Waals surface area contributed by atoms with Gasteiger partial charge in [-0.1, -0.05) is 75.1 Å². The molecule has 0 heterocycles. The van der Waals surface area contributed by atoms with Crippen molar-refractivity contribution in [3.8, 4) is 0 Å². The van der Waals surface area contributed by atoms with Crippen molar-refractivity contribution in [2.24, 2.45) is 11.8 Å². The van der Waals surface area contributed by atoms with Crippen LogP contribution in [0.4, 0.5) is 0 Å². The van der Waals surface area contributed by atoms with Crippen molar-refractivity contribution in [1.29, 1.82) is 0 Å². The lowest BCUT2D eigenvalue weighted by Gasteiger charge is -2.04. The Balaban J connectivity index is 1.58. The molecule has 1 saturated carbocycles. The van der Waals surface area contributed by atoms with E-state index in [4.69, 9.17) is 0 Å². The predicted octanol–water partition coefficient (Wildman–Crippen LogP) is 5.60. The molecule has 19 heavy (non-hydrogen) atoms. The number of hydrogen-bond donors (Lipinski definition) is 0. The molecule has 2 aromatic rings. The normalized spacial score (nSPS) is 21.7. The Hall–Kier alpha value is -1.30. The molecule has 100 valence electrons. The van der Waals surface area contributed by atoms with Crippen LogP contribution in [-0.4, -0.2) is 0 Å². The topological polar surface area (TPSA) is 0 Å². The molecule has 0 aromatic heterocycles. The second kappa shape index (κ2) is 5.77. The van der Waals surface area contributed by atoms with Gasteiger partial charge in [-0.25, -0.2) is 0 Å². The summed E-state index contributed by atoms with van der Waals surface area (Å²) < 4.78 is 0. The molecule has 0 saturated heterocycles. The summed E-state index contributed by atoms with van der Waals surface area (Å²) in [5.41, 5.74) is 1.53. The molecule has 1 aliphatic carbocycles. The standard InChI is InChI=1S/C19H24/c1-2-3-4-8-18-14-19(18)13-15-10-11-16-7-5-6-9-17(16)12-15/h5-7,9-12,18-19H,2-4,8,13-14H2,1H3/t18-,19-/m0/s1. The van der Waals surface area contributed by atoms with Crippen molar-refractivity contribution in [1.82, 2.24) is 0 Å². The molecule has 2 atom stereocenters. The lowest BCUT2D eigenvalue weighted by atomic mass is 10.0. The first-order valence-electron chi connectivity index (χ1n) is 7.84. The van der Waals surface area contributed by atoms with E-state index in [1.807, 2.05) is 0 Å². The van der Waals surface area contributed by atoms with Gasteiger partial charge in [-0.3, -0.25) is 0 Å². The Labute approximate surface area is 116 Å². The van der Waals surface area contributed by atoms with Crippen LogP contribution in [0, 0.1) is 11.8 Å². The first-order chi connectivity index (χ1) is 9.36. The third-order valence-electron chi connectivity index (χ3n) is 4.56. The van der Waals surface area contributed by atoms with Crippen LogP contribution in [0.2, 0.25) is 0 Å². The van der Waals surface area contributed by atoms with Gasteiger partial charge in [0.1, 0.15) is 0 Å². The van der Waals surface area contributed by atoms with Crippen molar-refractivity contribution in [3.63, 3.8) is 0 Å². The van der Waals surface area contributed by atoms with Crippen LogP contribution in [0.1, 0.15) is 44.6 Å². The zero-order chi connectivity index (χ0) is 13.1. The van der Waals surface area contributed by atoms with Gasteiger partial charge in [0.2, 0.25) is 0 Å². The Morgan fingerprint density at radius 2 is 1.79 bits per heavy atom. The monoisotopic (exact) mass is 252 g/mol. The van der Waals surface area contributed by atoms with Crippen LogP contribution in [0.25, 0.3) is 10.8 Å². The van der Waals surface area contributed by atoms with E-state index in [1.54, 1.807) is 0 Å². The fourth-order valence-corrected chi connectivity index (χ4v) is 3.24. The van der Waals surface area contributed by atoms with Gasteiger partial charge in [0, 0.05) is 0 Å². The van der Waals surface area contributed by atoms with Crippen LogP contribution < -0.4 is 0 Å². The maximum absolute atomic E-state index is 2.39. The molecule has 0 aliphatic heterocycles. The van der Waals surface area contributed by atoms with Crippen molar-refractivity contribution < 1.29 is 0 Å². The summed E-state index contributed by atoms with van der Waals surface area (Å²) in [6.45, 7) is 2.29. The summed E-state index contributed by atoms with van der Waals surface area (Å²) in [4.78, 5) is 0. The van der Waals surface area contributed by atoms with Crippen molar-refractivity contribution >= 4 is 10.8 Å². The second-order valence-electron chi connectivity index (χ2n) is 6.14. The molecule has 3 rings (SSSR count). The van der Waals surface area contributed by atoms with E-state index in [-0.39, 0.29) is 0 Å². The number of rotatable bonds is 6. The molecule has 0 amide bonds. The van der Waals surface area contributed by atoms with E-state index >= 15 is 0 Å². The van der Waals surface area contributed by atoms with E-state index in [0.29, 0.717) is 0 Å². The molecule has 1 fully saturated rings. The summed E-state index contributed by atoms with van der Waals surface area (Å²) in [5.74, 6) is 2.00. The molecule has 0 unspecified atom stereocenters. The van der Waals surface area contributed by atoms with Crippen LogP contribution in [-0.2, 0) is 6.42 Å². The number of unbranched alkanes of at least 4 members (excludes halogenated alkanes) is 2. The number of benzene rings is 2. The third kappa shape index (κ3) is 3.18. The summed E-state index contributed by atoms with van der Waals surface area (Å²) in [7, 11) is 0. The average Bonchev–Trinajstić information content (AvgIpc) is 3.17. The molecule has 0 spiro atoms. The summed E-state index contributed by atoms with van der Waals surface area (Å²) in [6.07, 6.45) is 8.43. The highest BCUT2D eigenvalue weighted by Crippen LogP contribution is 2.44. The van der Waals surface area contributed by atoms with Gasteiger partial charge >= 0.3 is 0 Å². The molecule has 0 heteroatoms. The molecule has 0 N–H and O–H groups in total. The zero-order valence-corrected chi connectivity index (χ0v) is 11.9. The maximum Gasteiger partial charge on any atom is -0.0181 e. The van der Waals surface area contributed by atoms with Crippen LogP contribution in [0.15, 0.2) is 42.5 Å². The van der Waals surface area contributed by atoms with E-state index in [0.717, 1.165) is 11.8 Å². The van der Waals surface area contributed by atoms with E-state index < -0.39 is 0 Å². The highest BCUT2D eigenvalue weighted by Gasteiger charge is 2.35. The van der Waals surface area contributed by atoms with Gasteiger partial charge in [-0.15, -0.1) is 0 Å². The minimum absolute atomic E-state index is 0.970. The molecular weight excluding hydrogens is 228 g/mol. The molecule has 2 aromatic carbocycles. The Morgan fingerprint density at radius 3 is 2.63 bits per heavy atom. The highest BCUT2D eigenvalue weighted by atomic mass is 14.4. The van der Waals surface area contributed by atoms with Crippen LogP contribution in [0.5, 0.6) is 0 Å². The molecule has 0 radical (unpaired) electrons. The molecule has 0 nitrogen and oxygen atoms in total. The van der Waals surface area contributed by atoms with Crippen molar-refractivity contribution in [2.45, 2.75) is 45.4 Å². The minimum Gasteiger partial charge on any atom is -0.0654 e. The largest absolute Gasteiger partial charge is 0.0654 e. The van der Waals surface area contributed by atoms with E-state index in [2.05, 4.69) is 49.4 Å². The maximum atomic E-state index is 2.39. The Kier molecular flexibility index (Phi) is 3.87. The highest BCUT2D eigenvalue weighted by molar-refractivity contribution is 5.82. The van der Waals surface area contributed by atoms with Crippen molar-refractivity contribution in [3.05, 3.63) is 48.0 Å². The van der Waals surface area contributed by atoms with E-state index in [1.165, 1.54) is 54.9 Å². The average molecular weight is 252 g/mol. The summed E-state index contributed by atoms with van der Waals surface area (Å²) in [6, 6.07) is 15.7. The minimum atomic E-state index is 0.970. The van der Waals surface area contributed by atoms with Gasteiger partial charge in [0.05, 0.1) is 0 Å². The van der Waals surface area contributed by atoms with E-state index in [9.17, 15) is 0 Å². The molecular formula is C19H24. The fourth-order valence-electron chi connectivity index (χ4n) is 3.24. The smallest absolute Gasteiger partial charge is 0.0181 e. The lowest BCUT2D eigenvalue weighted by Crippen LogP contribution is -1.91. The Bertz CT molecular complexity index is 540. The predicted molar refractivity (Wildman–Crippen MR) is 83.4 cm³/mol. The summed E-state index contributed by atoms with van der Waals surface area (Å²) >= 11 is 0. The fraction of sp³-hybridized carbons (Fsp3) is 0.474. The SMILES string of the molecule is CCCCC[C@H]1C[C@@H]1Cc1ccc2ccccc2c1. The van der Waals surface area contributed by atoms with Crippen LogP contribution >= 0.6 is 0 Å². The number of fused-ring (bicyclic) bond motifs is 1. The van der Waals surface area contributed by atoms with Gasteiger partial charge in [0.15, 0.2) is 0 Å². The first kappa shape index (κ1) is 12.7. The Morgan fingerprint density at radius 1 is 0.947 bits per heavy atom. The van der Waals surface area contributed by atoms with Gasteiger partial charge < -0.3 is 0 Å². The summed E-state index contributed by atoms with van der Waals surface area (Å²) in [5, 5.41) is 2.75. The third-order valence-corrected chi connectivity index (χ3v) is 4.56. The van der Waals surface area contributed by atoms with Crippen LogP contribution in [0.3, 0.4) is 0 Å². The van der Waals surface area contributed by atoms with Gasteiger partial charge in [0.25, 0.3) is 0 Å². The van der Waals surface area contributed by atoms with Crippen molar-refractivity contribution in [2.75, 3.05) is 0 Å². The molecule has 1 aliphatic rings. The number of hydrogen-bond acceptors (Lipinski definition) is 0. The van der Waals surface area contributed by atoms with Gasteiger partial charge in [-0.2, -0.15) is 0 Å². The quantitative estimate of drug-likeness (QED) is 0.587. The molecule has 0 bridgehead atoms. The zero-order valence-electron chi connectivity index (χ0n) is 11.9. The second-order valence-corrected chi connectivity index (χ2v) is 6.14.